The van der Waals surface area contributed by atoms with Crippen molar-refractivity contribution in [2.24, 2.45) is 0 Å². The minimum atomic E-state index is -0.276. The fourth-order valence-corrected chi connectivity index (χ4v) is 3.73. The van der Waals surface area contributed by atoms with Gasteiger partial charge in [0.05, 0.1) is 6.04 Å². The van der Waals surface area contributed by atoms with Crippen molar-refractivity contribution in [1.29, 1.82) is 0 Å². The molecule has 0 radical (unpaired) electrons. The van der Waals surface area contributed by atoms with Gasteiger partial charge >= 0.3 is 0 Å². The van der Waals surface area contributed by atoms with Gasteiger partial charge in [0, 0.05) is 12.5 Å². The van der Waals surface area contributed by atoms with E-state index in [-0.39, 0.29) is 29.9 Å². The zero-order valence-corrected chi connectivity index (χ0v) is 13.1. The summed E-state index contributed by atoms with van der Waals surface area (Å²) in [5.41, 5.74) is 1.09. The summed E-state index contributed by atoms with van der Waals surface area (Å²) in [6, 6.07) is 9.91. The number of hydrogen-bond donors (Lipinski definition) is 1. The van der Waals surface area contributed by atoms with Crippen LogP contribution in [0, 0.1) is 0 Å². The maximum absolute atomic E-state index is 12.6. The van der Waals surface area contributed by atoms with Crippen molar-refractivity contribution < 1.29 is 9.59 Å². The minimum absolute atomic E-state index is 0.00546. The molecule has 2 amide bonds. The first kappa shape index (κ1) is 15.1. The Morgan fingerprint density at radius 3 is 2.55 bits per heavy atom. The molecular weight excluding hydrogens is 276 g/mol. The average Bonchev–Trinajstić information content (AvgIpc) is 3.17. The lowest BCUT2D eigenvalue weighted by Gasteiger charge is -2.30. The molecule has 1 aromatic carbocycles. The van der Waals surface area contributed by atoms with E-state index in [4.69, 9.17) is 0 Å². The molecule has 1 N–H and O–H groups in total. The number of nitrogens with zero attached hydrogens (tertiary/aromatic N) is 1. The SMILES string of the molecule is CC(NC(=O)C1CCC(=O)N1C1CCCC1)c1ccccc1. The van der Waals surface area contributed by atoms with Crippen LogP contribution in [0.1, 0.15) is 57.1 Å². The van der Waals surface area contributed by atoms with Gasteiger partial charge in [-0.1, -0.05) is 43.2 Å². The van der Waals surface area contributed by atoms with E-state index in [9.17, 15) is 9.59 Å². The first-order valence-corrected chi connectivity index (χ1v) is 8.33. The van der Waals surface area contributed by atoms with Crippen molar-refractivity contribution in [3.8, 4) is 0 Å². The molecule has 1 heterocycles. The van der Waals surface area contributed by atoms with Gasteiger partial charge in [-0.2, -0.15) is 0 Å². The van der Waals surface area contributed by atoms with Gasteiger partial charge in [0.15, 0.2) is 0 Å². The Morgan fingerprint density at radius 1 is 1.18 bits per heavy atom. The van der Waals surface area contributed by atoms with Crippen molar-refractivity contribution >= 4 is 11.8 Å². The molecule has 4 nitrogen and oxygen atoms in total. The highest BCUT2D eigenvalue weighted by Gasteiger charge is 2.41. The largest absolute Gasteiger partial charge is 0.348 e. The molecule has 0 bridgehead atoms. The van der Waals surface area contributed by atoms with Crippen LogP contribution in [0.25, 0.3) is 0 Å². The molecule has 4 heteroatoms. The second kappa shape index (κ2) is 6.51. The molecule has 2 unspecified atom stereocenters. The second-order valence-corrected chi connectivity index (χ2v) is 6.43. The Labute approximate surface area is 131 Å². The average molecular weight is 300 g/mol. The van der Waals surface area contributed by atoms with Gasteiger partial charge in [-0.15, -0.1) is 0 Å². The highest BCUT2D eigenvalue weighted by atomic mass is 16.2. The van der Waals surface area contributed by atoms with Gasteiger partial charge in [-0.05, 0) is 31.7 Å². The summed E-state index contributed by atoms with van der Waals surface area (Å²) in [5.74, 6) is 0.147. The molecule has 22 heavy (non-hydrogen) atoms. The van der Waals surface area contributed by atoms with Crippen molar-refractivity contribution in [3.05, 3.63) is 35.9 Å². The lowest BCUT2D eigenvalue weighted by Crippen LogP contribution is -2.49. The van der Waals surface area contributed by atoms with Crippen LogP contribution in [-0.4, -0.2) is 28.8 Å². The van der Waals surface area contributed by atoms with E-state index in [0.29, 0.717) is 12.8 Å². The Morgan fingerprint density at radius 2 is 1.86 bits per heavy atom. The summed E-state index contributed by atoms with van der Waals surface area (Å²) in [4.78, 5) is 26.7. The lowest BCUT2D eigenvalue weighted by molar-refractivity contribution is -0.137. The van der Waals surface area contributed by atoms with Crippen molar-refractivity contribution in [2.75, 3.05) is 0 Å². The van der Waals surface area contributed by atoms with Crippen LogP contribution in [0.5, 0.6) is 0 Å². The number of likely N-dealkylation sites (tertiary alicyclic amines) is 1. The minimum Gasteiger partial charge on any atom is -0.348 e. The van der Waals surface area contributed by atoms with E-state index in [2.05, 4.69) is 5.32 Å². The van der Waals surface area contributed by atoms with Crippen molar-refractivity contribution in [3.63, 3.8) is 0 Å². The van der Waals surface area contributed by atoms with Crippen molar-refractivity contribution in [2.45, 2.75) is 63.6 Å². The molecule has 0 spiro atoms. The predicted molar refractivity (Wildman–Crippen MR) is 85.1 cm³/mol. The van der Waals surface area contributed by atoms with Gasteiger partial charge in [-0.3, -0.25) is 9.59 Å². The third-order valence-electron chi connectivity index (χ3n) is 4.93. The molecule has 1 saturated carbocycles. The van der Waals surface area contributed by atoms with Crippen LogP contribution in [0.2, 0.25) is 0 Å². The third kappa shape index (κ3) is 3.01. The summed E-state index contributed by atoms with van der Waals surface area (Å²) in [7, 11) is 0. The molecule has 1 aliphatic heterocycles. The zero-order valence-electron chi connectivity index (χ0n) is 13.1. The molecule has 2 fully saturated rings. The van der Waals surface area contributed by atoms with Gasteiger partial charge in [0.2, 0.25) is 11.8 Å². The maximum Gasteiger partial charge on any atom is 0.243 e. The van der Waals surface area contributed by atoms with Crippen LogP contribution >= 0.6 is 0 Å². The van der Waals surface area contributed by atoms with E-state index in [0.717, 1.165) is 18.4 Å². The van der Waals surface area contributed by atoms with Crippen LogP contribution in [0.15, 0.2) is 30.3 Å². The van der Waals surface area contributed by atoms with Crippen molar-refractivity contribution in [1.82, 2.24) is 10.2 Å². The molecule has 1 saturated heterocycles. The van der Waals surface area contributed by atoms with E-state index in [1.165, 1.54) is 12.8 Å². The van der Waals surface area contributed by atoms with E-state index >= 15 is 0 Å². The number of benzene rings is 1. The molecule has 118 valence electrons. The molecule has 3 rings (SSSR count). The quantitative estimate of drug-likeness (QED) is 0.929. The van der Waals surface area contributed by atoms with E-state index in [1.807, 2.05) is 42.2 Å². The number of hydrogen-bond acceptors (Lipinski definition) is 2. The van der Waals surface area contributed by atoms with E-state index in [1.54, 1.807) is 0 Å². The fourth-order valence-electron chi connectivity index (χ4n) is 3.73. The third-order valence-corrected chi connectivity index (χ3v) is 4.93. The second-order valence-electron chi connectivity index (χ2n) is 6.43. The topological polar surface area (TPSA) is 49.4 Å². The van der Waals surface area contributed by atoms with E-state index < -0.39 is 0 Å². The Balaban J connectivity index is 1.67. The molecule has 1 aromatic rings. The predicted octanol–water partition coefficient (Wildman–Crippen LogP) is 2.80. The summed E-state index contributed by atoms with van der Waals surface area (Å²) in [6.07, 6.45) is 5.59. The Bertz CT molecular complexity index is 537. The van der Waals surface area contributed by atoms with Crippen LogP contribution in [0.4, 0.5) is 0 Å². The number of rotatable bonds is 4. The normalized spacial score (nSPS) is 23.8. The highest BCUT2D eigenvalue weighted by molar-refractivity contribution is 5.91. The smallest absolute Gasteiger partial charge is 0.243 e. The summed E-state index contributed by atoms with van der Waals surface area (Å²) < 4.78 is 0. The fraction of sp³-hybridized carbons (Fsp3) is 0.556. The Kier molecular flexibility index (Phi) is 4.46. The zero-order chi connectivity index (χ0) is 15.5. The van der Waals surface area contributed by atoms with Crippen LogP contribution in [-0.2, 0) is 9.59 Å². The highest BCUT2D eigenvalue weighted by Crippen LogP contribution is 2.31. The van der Waals surface area contributed by atoms with Crippen LogP contribution < -0.4 is 5.32 Å². The van der Waals surface area contributed by atoms with Gasteiger partial charge in [-0.25, -0.2) is 0 Å². The molecule has 2 aliphatic rings. The lowest BCUT2D eigenvalue weighted by atomic mass is 10.1. The standard InChI is InChI=1S/C18H24N2O2/c1-13(14-7-3-2-4-8-14)19-18(22)16-11-12-17(21)20(16)15-9-5-6-10-15/h2-4,7-8,13,15-16H,5-6,9-12H2,1H3,(H,19,22). The van der Waals surface area contributed by atoms with Crippen LogP contribution in [0.3, 0.4) is 0 Å². The monoisotopic (exact) mass is 300 g/mol. The first-order valence-electron chi connectivity index (χ1n) is 8.33. The van der Waals surface area contributed by atoms with Gasteiger partial charge in [0.1, 0.15) is 6.04 Å². The first-order chi connectivity index (χ1) is 10.7. The molecule has 1 aliphatic carbocycles. The Hall–Kier alpha value is -1.84. The number of amides is 2. The number of carbonyl (C=O) groups is 2. The molecular formula is C18H24N2O2. The maximum atomic E-state index is 12.6. The summed E-state index contributed by atoms with van der Waals surface area (Å²) >= 11 is 0. The summed E-state index contributed by atoms with van der Waals surface area (Å²) in [6.45, 7) is 1.99. The van der Waals surface area contributed by atoms with Gasteiger partial charge < -0.3 is 10.2 Å². The number of carbonyl (C=O) groups excluding carboxylic acids is 2. The molecule has 0 aromatic heterocycles. The number of nitrogens with one attached hydrogen (secondary N) is 1. The summed E-state index contributed by atoms with van der Waals surface area (Å²) in [5, 5.41) is 3.08. The molecule has 2 atom stereocenters. The van der Waals surface area contributed by atoms with Gasteiger partial charge in [0.25, 0.3) is 0 Å².